The van der Waals surface area contributed by atoms with E-state index < -0.39 is 0 Å². The predicted octanol–water partition coefficient (Wildman–Crippen LogP) is 1.76. The topological polar surface area (TPSA) is 67.2 Å². The van der Waals surface area contributed by atoms with Gasteiger partial charge in [-0.1, -0.05) is 18.2 Å². The second-order valence-corrected chi connectivity index (χ2v) is 4.72. The first-order valence-corrected chi connectivity index (χ1v) is 6.72. The minimum absolute atomic E-state index is 0.0220. The van der Waals surface area contributed by atoms with Crippen LogP contribution in [0.25, 0.3) is 5.69 Å². The molecule has 0 aliphatic rings. The Morgan fingerprint density at radius 2 is 2.15 bits per heavy atom. The highest BCUT2D eigenvalue weighted by molar-refractivity contribution is 5.93. The number of para-hydroxylation sites is 1. The average Bonchev–Trinajstić information content (AvgIpc) is 2.95. The van der Waals surface area contributed by atoms with Gasteiger partial charge in [0.25, 0.3) is 5.91 Å². The maximum Gasteiger partial charge on any atom is 0.270 e. The Labute approximate surface area is 118 Å². The van der Waals surface area contributed by atoms with Gasteiger partial charge in [-0.05, 0) is 31.9 Å². The lowest BCUT2D eigenvalue weighted by Gasteiger charge is -2.14. The maximum absolute atomic E-state index is 12.2. The number of aromatic nitrogens is 2. The molecule has 5 nitrogen and oxygen atoms in total. The summed E-state index contributed by atoms with van der Waals surface area (Å²) in [4.78, 5) is 16.3. The van der Waals surface area contributed by atoms with Crippen molar-refractivity contribution in [2.45, 2.75) is 25.8 Å². The van der Waals surface area contributed by atoms with Gasteiger partial charge in [-0.3, -0.25) is 9.36 Å². The molecule has 1 unspecified atom stereocenters. The highest BCUT2D eigenvalue weighted by Gasteiger charge is 2.14. The number of nitrogens with one attached hydrogen (secondary N) is 1. The molecule has 2 N–H and O–H groups in total. The predicted molar refractivity (Wildman–Crippen MR) is 76.8 cm³/mol. The normalized spacial score (nSPS) is 12.1. The van der Waals surface area contributed by atoms with Crippen molar-refractivity contribution in [3.05, 3.63) is 48.5 Å². The summed E-state index contributed by atoms with van der Waals surface area (Å²) in [5.74, 6) is -0.156. The number of carbonyl (C=O) groups is 1. The fourth-order valence-electron chi connectivity index (χ4n) is 2.02. The van der Waals surface area contributed by atoms with E-state index in [1.54, 1.807) is 17.1 Å². The van der Waals surface area contributed by atoms with Crippen LogP contribution in [0.5, 0.6) is 0 Å². The van der Waals surface area contributed by atoms with Gasteiger partial charge in [0.05, 0.1) is 12.5 Å². The van der Waals surface area contributed by atoms with E-state index in [0.717, 1.165) is 12.1 Å². The third kappa shape index (κ3) is 3.45. The second kappa shape index (κ2) is 6.86. The Bertz CT molecular complexity index is 551. The monoisotopic (exact) mass is 273 g/mol. The van der Waals surface area contributed by atoms with E-state index in [9.17, 15) is 4.79 Å². The number of rotatable bonds is 6. The number of amides is 1. The van der Waals surface area contributed by atoms with Crippen molar-refractivity contribution in [3.8, 4) is 5.69 Å². The van der Waals surface area contributed by atoms with Crippen molar-refractivity contribution in [2.75, 3.05) is 6.61 Å². The lowest BCUT2D eigenvalue weighted by Crippen LogP contribution is -2.33. The van der Waals surface area contributed by atoms with E-state index >= 15 is 0 Å². The van der Waals surface area contributed by atoms with E-state index in [-0.39, 0.29) is 18.6 Å². The molecule has 0 saturated heterocycles. The van der Waals surface area contributed by atoms with Gasteiger partial charge in [-0.15, -0.1) is 0 Å². The zero-order valence-corrected chi connectivity index (χ0v) is 11.5. The van der Waals surface area contributed by atoms with Crippen LogP contribution in [0.15, 0.2) is 42.9 Å². The smallest absolute Gasteiger partial charge is 0.270 e. The van der Waals surface area contributed by atoms with Crippen molar-refractivity contribution in [3.63, 3.8) is 0 Å². The lowest BCUT2D eigenvalue weighted by molar-refractivity contribution is 0.0929. The van der Waals surface area contributed by atoms with Crippen molar-refractivity contribution in [1.82, 2.24) is 14.9 Å². The Morgan fingerprint density at radius 1 is 1.40 bits per heavy atom. The van der Waals surface area contributed by atoms with Crippen molar-refractivity contribution >= 4 is 5.91 Å². The van der Waals surface area contributed by atoms with Crippen molar-refractivity contribution in [1.29, 1.82) is 0 Å². The summed E-state index contributed by atoms with van der Waals surface area (Å²) in [5, 5.41) is 11.7. The summed E-state index contributed by atoms with van der Waals surface area (Å²) < 4.78 is 1.76. The molecule has 2 aromatic rings. The summed E-state index contributed by atoms with van der Waals surface area (Å²) in [6, 6.07) is 9.63. The molecule has 0 aliphatic carbocycles. The third-order valence-corrected chi connectivity index (χ3v) is 3.08. The van der Waals surface area contributed by atoms with Gasteiger partial charge >= 0.3 is 0 Å². The van der Waals surface area contributed by atoms with Gasteiger partial charge in [0.1, 0.15) is 5.69 Å². The molecule has 5 heteroatoms. The van der Waals surface area contributed by atoms with Crippen LogP contribution in [-0.4, -0.2) is 33.2 Å². The molecule has 0 saturated carbocycles. The van der Waals surface area contributed by atoms with Gasteiger partial charge in [-0.25, -0.2) is 4.98 Å². The SMILES string of the molecule is CC(CCCO)NC(=O)c1cncn1-c1ccccc1. The number of benzene rings is 1. The van der Waals surface area contributed by atoms with Crippen LogP contribution in [-0.2, 0) is 0 Å². The number of imidazole rings is 1. The summed E-state index contributed by atoms with van der Waals surface area (Å²) in [6.07, 6.45) is 4.62. The molecule has 0 bridgehead atoms. The quantitative estimate of drug-likeness (QED) is 0.842. The fraction of sp³-hybridized carbons (Fsp3) is 0.333. The number of nitrogens with zero attached hydrogens (tertiary/aromatic N) is 2. The van der Waals surface area contributed by atoms with Gasteiger partial charge < -0.3 is 10.4 Å². The first-order chi connectivity index (χ1) is 9.72. The number of aliphatic hydroxyl groups excluding tert-OH is 1. The van der Waals surface area contributed by atoms with Crippen LogP contribution >= 0.6 is 0 Å². The fourth-order valence-corrected chi connectivity index (χ4v) is 2.02. The molecule has 106 valence electrons. The zero-order valence-electron chi connectivity index (χ0n) is 11.5. The Morgan fingerprint density at radius 3 is 2.85 bits per heavy atom. The van der Waals surface area contributed by atoms with Crippen LogP contribution in [0.2, 0.25) is 0 Å². The minimum Gasteiger partial charge on any atom is -0.396 e. The zero-order chi connectivity index (χ0) is 14.4. The number of carbonyl (C=O) groups excluding carboxylic acids is 1. The molecule has 0 fully saturated rings. The van der Waals surface area contributed by atoms with Crippen LogP contribution in [0.3, 0.4) is 0 Å². The van der Waals surface area contributed by atoms with Gasteiger partial charge in [0, 0.05) is 18.3 Å². The molecule has 1 aromatic heterocycles. The molecule has 1 heterocycles. The Hall–Kier alpha value is -2.14. The van der Waals surface area contributed by atoms with E-state index in [1.807, 2.05) is 37.3 Å². The minimum atomic E-state index is -0.156. The Balaban J connectivity index is 2.10. The summed E-state index contributed by atoms with van der Waals surface area (Å²) >= 11 is 0. The summed E-state index contributed by atoms with van der Waals surface area (Å²) in [6.45, 7) is 2.07. The molecule has 0 spiro atoms. The highest BCUT2D eigenvalue weighted by atomic mass is 16.3. The van der Waals surface area contributed by atoms with E-state index in [2.05, 4.69) is 10.3 Å². The van der Waals surface area contributed by atoms with Crippen LogP contribution in [0, 0.1) is 0 Å². The Kier molecular flexibility index (Phi) is 4.90. The lowest BCUT2D eigenvalue weighted by atomic mass is 10.2. The molecule has 20 heavy (non-hydrogen) atoms. The van der Waals surface area contributed by atoms with E-state index in [1.165, 1.54) is 0 Å². The maximum atomic E-state index is 12.2. The standard InChI is InChI=1S/C15H19N3O2/c1-12(6-5-9-19)17-15(20)14-10-16-11-18(14)13-7-3-2-4-8-13/h2-4,7-8,10-12,19H,5-6,9H2,1H3,(H,17,20). The molecule has 0 aliphatic heterocycles. The average molecular weight is 273 g/mol. The molecule has 1 atom stereocenters. The van der Waals surface area contributed by atoms with Gasteiger partial charge in [0.2, 0.25) is 0 Å². The van der Waals surface area contributed by atoms with Gasteiger partial charge in [-0.2, -0.15) is 0 Å². The van der Waals surface area contributed by atoms with E-state index in [0.29, 0.717) is 12.1 Å². The van der Waals surface area contributed by atoms with Crippen LogP contribution in [0.1, 0.15) is 30.3 Å². The van der Waals surface area contributed by atoms with Crippen molar-refractivity contribution in [2.24, 2.45) is 0 Å². The number of aliphatic hydroxyl groups is 1. The van der Waals surface area contributed by atoms with Gasteiger partial charge in [0.15, 0.2) is 0 Å². The molecule has 1 aromatic carbocycles. The van der Waals surface area contributed by atoms with Crippen LogP contribution < -0.4 is 5.32 Å². The van der Waals surface area contributed by atoms with E-state index in [4.69, 9.17) is 5.11 Å². The molecule has 1 amide bonds. The number of hydrogen-bond acceptors (Lipinski definition) is 3. The summed E-state index contributed by atoms with van der Waals surface area (Å²) in [7, 11) is 0. The second-order valence-electron chi connectivity index (χ2n) is 4.72. The first kappa shape index (κ1) is 14.3. The number of hydrogen-bond donors (Lipinski definition) is 2. The molecule has 2 rings (SSSR count). The van der Waals surface area contributed by atoms with Crippen molar-refractivity contribution < 1.29 is 9.90 Å². The first-order valence-electron chi connectivity index (χ1n) is 6.72. The molecular weight excluding hydrogens is 254 g/mol. The molecule has 0 radical (unpaired) electrons. The molecular formula is C15H19N3O2. The third-order valence-electron chi connectivity index (χ3n) is 3.08. The summed E-state index contributed by atoms with van der Waals surface area (Å²) in [5.41, 5.74) is 1.41. The highest BCUT2D eigenvalue weighted by Crippen LogP contribution is 2.11. The van der Waals surface area contributed by atoms with Crippen LogP contribution in [0.4, 0.5) is 0 Å². The largest absolute Gasteiger partial charge is 0.396 e.